The van der Waals surface area contributed by atoms with Crippen LogP contribution in [0.2, 0.25) is 0 Å². The third kappa shape index (κ3) is 4.11. The van der Waals surface area contributed by atoms with Gasteiger partial charge in [0.05, 0.1) is 0 Å². The first-order valence-electron chi connectivity index (χ1n) is 5.69. The average molecular weight is 248 g/mol. The second-order valence-electron chi connectivity index (χ2n) is 3.79. The van der Waals surface area contributed by atoms with Crippen LogP contribution in [-0.4, -0.2) is 20.9 Å². The Morgan fingerprint density at radius 1 is 1.18 bits per heavy atom. The number of nitrogens with one attached hydrogen (secondary N) is 1. The van der Waals surface area contributed by atoms with E-state index in [2.05, 4.69) is 39.4 Å². The summed E-state index contributed by atoms with van der Waals surface area (Å²) in [6.45, 7) is 0. The number of hydrogen-bond acceptors (Lipinski definition) is 4. The number of nitrogen functional groups attached to an aromatic ring is 1. The number of thioether (sulfide) groups is 1. The van der Waals surface area contributed by atoms with E-state index in [1.165, 1.54) is 12.0 Å². The van der Waals surface area contributed by atoms with E-state index in [4.69, 9.17) is 5.73 Å². The van der Waals surface area contributed by atoms with Crippen LogP contribution in [-0.2, 0) is 6.42 Å². The van der Waals surface area contributed by atoms with E-state index in [0.29, 0.717) is 5.95 Å². The number of H-pyrrole nitrogens is 1. The Balaban J connectivity index is 1.61. The van der Waals surface area contributed by atoms with Crippen LogP contribution in [0.4, 0.5) is 5.95 Å². The molecule has 17 heavy (non-hydrogen) atoms. The van der Waals surface area contributed by atoms with Crippen LogP contribution >= 0.6 is 11.8 Å². The summed E-state index contributed by atoms with van der Waals surface area (Å²) < 4.78 is 0. The Morgan fingerprint density at radius 2 is 2.00 bits per heavy atom. The highest BCUT2D eigenvalue weighted by molar-refractivity contribution is 7.99. The molecule has 0 spiro atoms. The monoisotopic (exact) mass is 248 g/mol. The largest absolute Gasteiger partial charge is 0.368 e. The highest BCUT2D eigenvalue weighted by Crippen LogP contribution is 2.15. The zero-order valence-corrected chi connectivity index (χ0v) is 10.4. The van der Waals surface area contributed by atoms with Gasteiger partial charge in [0.15, 0.2) is 0 Å². The first-order chi connectivity index (χ1) is 8.34. The minimum atomic E-state index is 0.386. The number of rotatable bonds is 6. The Bertz CT molecular complexity index is 441. The summed E-state index contributed by atoms with van der Waals surface area (Å²) in [5.74, 6) is 1.42. The molecule has 0 aliphatic rings. The van der Waals surface area contributed by atoms with Crippen LogP contribution in [0.3, 0.4) is 0 Å². The third-order valence-electron chi connectivity index (χ3n) is 2.42. The van der Waals surface area contributed by atoms with E-state index in [0.717, 1.165) is 23.8 Å². The first kappa shape index (κ1) is 12.0. The van der Waals surface area contributed by atoms with Gasteiger partial charge in [-0.05, 0) is 24.8 Å². The fourth-order valence-corrected chi connectivity index (χ4v) is 2.37. The van der Waals surface area contributed by atoms with Gasteiger partial charge in [-0.1, -0.05) is 42.1 Å². The maximum atomic E-state index is 5.44. The summed E-state index contributed by atoms with van der Waals surface area (Å²) in [4.78, 5) is 4.04. The van der Waals surface area contributed by atoms with E-state index >= 15 is 0 Å². The molecule has 2 rings (SSSR count). The van der Waals surface area contributed by atoms with Crippen molar-refractivity contribution >= 4 is 17.7 Å². The summed E-state index contributed by atoms with van der Waals surface area (Å²) in [6, 6.07) is 10.6. The molecule has 0 saturated carbocycles. The summed E-state index contributed by atoms with van der Waals surface area (Å²) in [5, 5.41) is 7.34. The second-order valence-corrected chi connectivity index (χ2v) is 4.86. The number of anilines is 1. The van der Waals surface area contributed by atoms with Crippen molar-refractivity contribution in [2.45, 2.75) is 24.4 Å². The van der Waals surface area contributed by atoms with Crippen molar-refractivity contribution in [1.29, 1.82) is 0 Å². The fourth-order valence-electron chi connectivity index (χ4n) is 1.56. The zero-order valence-electron chi connectivity index (χ0n) is 9.60. The molecule has 0 fully saturated rings. The SMILES string of the molecule is Nc1nc(SCCCCc2ccccc2)n[nH]1. The summed E-state index contributed by atoms with van der Waals surface area (Å²) in [6.07, 6.45) is 3.49. The molecule has 2 aromatic rings. The van der Waals surface area contributed by atoms with Gasteiger partial charge in [0.25, 0.3) is 0 Å². The van der Waals surface area contributed by atoms with E-state index in [1.54, 1.807) is 11.8 Å². The molecular formula is C12H16N4S. The van der Waals surface area contributed by atoms with Gasteiger partial charge >= 0.3 is 0 Å². The molecule has 1 aromatic heterocycles. The molecule has 0 aliphatic heterocycles. The molecule has 0 radical (unpaired) electrons. The number of hydrogen-bond donors (Lipinski definition) is 2. The van der Waals surface area contributed by atoms with Gasteiger partial charge in [0.1, 0.15) is 0 Å². The van der Waals surface area contributed by atoms with E-state index in [-0.39, 0.29) is 0 Å². The molecule has 1 heterocycles. The first-order valence-corrected chi connectivity index (χ1v) is 6.68. The van der Waals surface area contributed by atoms with Gasteiger partial charge in [-0.15, -0.1) is 5.10 Å². The highest BCUT2D eigenvalue weighted by atomic mass is 32.2. The van der Waals surface area contributed by atoms with Crippen molar-refractivity contribution in [3.05, 3.63) is 35.9 Å². The molecular weight excluding hydrogens is 232 g/mol. The van der Waals surface area contributed by atoms with Crippen molar-refractivity contribution in [2.24, 2.45) is 0 Å². The van der Waals surface area contributed by atoms with E-state index in [1.807, 2.05) is 6.07 Å². The Kier molecular flexibility index (Phi) is 4.44. The molecule has 1 aromatic carbocycles. The maximum Gasteiger partial charge on any atom is 0.216 e. The number of benzene rings is 1. The van der Waals surface area contributed by atoms with Crippen LogP contribution in [0.1, 0.15) is 18.4 Å². The molecule has 0 bridgehead atoms. The molecule has 0 amide bonds. The number of unbranched alkanes of at least 4 members (excludes halogenated alkanes) is 1. The van der Waals surface area contributed by atoms with Crippen LogP contribution in [0.5, 0.6) is 0 Å². The average Bonchev–Trinajstić information content (AvgIpc) is 2.76. The normalized spacial score (nSPS) is 10.6. The topological polar surface area (TPSA) is 67.6 Å². The van der Waals surface area contributed by atoms with Crippen molar-refractivity contribution in [1.82, 2.24) is 15.2 Å². The van der Waals surface area contributed by atoms with Gasteiger partial charge in [0.2, 0.25) is 11.1 Å². The van der Waals surface area contributed by atoms with Crippen LogP contribution in [0.15, 0.2) is 35.5 Å². The van der Waals surface area contributed by atoms with Crippen molar-refractivity contribution in [3.8, 4) is 0 Å². The van der Waals surface area contributed by atoms with E-state index in [9.17, 15) is 0 Å². The number of aryl methyl sites for hydroxylation is 1. The smallest absolute Gasteiger partial charge is 0.216 e. The molecule has 3 N–H and O–H groups in total. The van der Waals surface area contributed by atoms with Crippen LogP contribution in [0.25, 0.3) is 0 Å². The summed E-state index contributed by atoms with van der Waals surface area (Å²) in [7, 11) is 0. The predicted molar refractivity (Wildman–Crippen MR) is 70.9 cm³/mol. The molecule has 0 unspecified atom stereocenters. The minimum absolute atomic E-state index is 0.386. The molecule has 0 atom stereocenters. The Hall–Kier alpha value is -1.49. The molecule has 4 nitrogen and oxygen atoms in total. The Morgan fingerprint density at radius 3 is 2.71 bits per heavy atom. The quantitative estimate of drug-likeness (QED) is 0.609. The van der Waals surface area contributed by atoms with Gasteiger partial charge in [0, 0.05) is 5.75 Å². The maximum absolute atomic E-state index is 5.44. The van der Waals surface area contributed by atoms with Crippen molar-refractivity contribution in [2.75, 3.05) is 11.5 Å². The lowest BCUT2D eigenvalue weighted by Gasteiger charge is -2.00. The standard InChI is InChI=1S/C12H16N4S/c13-11-14-12(16-15-11)17-9-5-4-8-10-6-2-1-3-7-10/h1-3,6-7H,4-5,8-9H2,(H3,13,14,15,16). The minimum Gasteiger partial charge on any atom is -0.368 e. The van der Waals surface area contributed by atoms with Crippen LogP contribution < -0.4 is 5.73 Å². The Labute approximate surface area is 105 Å². The lowest BCUT2D eigenvalue weighted by Crippen LogP contribution is -1.88. The highest BCUT2D eigenvalue weighted by Gasteiger charge is 2.00. The molecule has 5 heteroatoms. The zero-order chi connectivity index (χ0) is 11.9. The van der Waals surface area contributed by atoms with E-state index < -0.39 is 0 Å². The van der Waals surface area contributed by atoms with Gasteiger partial charge in [-0.3, -0.25) is 0 Å². The number of nitrogens with zero attached hydrogens (tertiary/aromatic N) is 2. The number of aromatic nitrogens is 3. The van der Waals surface area contributed by atoms with Gasteiger partial charge < -0.3 is 5.73 Å². The molecule has 90 valence electrons. The summed E-state index contributed by atoms with van der Waals surface area (Å²) >= 11 is 1.64. The number of nitrogens with two attached hydrogens (primary N) is 1. The summed E-state index contributed by atoms with van der Waals surface area (Å²) in [5.41, 5.74) is 6.84. The lowest BCUT2D eigenvalue weighted by atomic mass is 10.1. The lowest BCUT2D eigenvalue weighted by molar-refractivity contribution is 0.801. The van der Waals surface area contributed by atoms with Crippen molar-refractivity contribution in [3.63, 3.8) is 0 Å². The number of aromatic amines is 1. The van der Waals surface area contributed by atoms with Gasteiger partial charge in [-0.2, -0.15) is 4.98 Å². The fraction of sp³-hybridized carbons (Fsp3) is 0.333. The predicted octanol–water partition coefficient (Wildman–Crippen LogP) is 2.50. The molecule has 0 aliphatic carbocycles. The third-order valence-corrected chi connectivity index (χ3v) is 3.35. The second kappa shape index (κ2) is 6.30. The van der Waals surface area contributed by atoms with Gasteiger partial charge in [-0.25, -0.2) is 5.10 Å². The van der Waals surface area contributed by atoms with Crippen molar-refractivity contribution < 1.29 is 0 Å². The van der Waals surface area contributed by atoms with Crippen LogP contribution in [0, 0.1) is 0 Å². The molecule has 0 saturated heterocycles.